The smallest absolute Gasteiger partial charge is 0.288 e. The lowest BCUT2D eigenvalue weighted by atomic mass is 10.0. The fraction of sp³-hybridized carbons (Fsp3) is 0. The van der Waals surface area contributed by atoms with Crippen LogP contribution >= 0.6 is 0 Å². The number of hydrogen-bond acceptors (Lipinski definition) is 3. The number of benzene rings is 3. The van der Waals surface area contributed by atoms with Crippen molar-refractivity contribution in [1.29, 1.82) is 5.26 Å². The number of nitrogens with one attached hydrogen (secondary N) is 2. The molecule has 0 spiro atoms. The summed E-state index contributed by atoms with van der Waals surface area (Å²) < 4.78 is 13.8. The Hall–Kier alpha value is -4.24. The van der Waals surface area contributed by atoms with Gasteiger partial charge < -0.3 is 4.98 Å². The van der Waals surface area contributed by atoms with E-state index in [1.54, 1.807) is 30.3 Å². The second-order valence-corrected chi connectivity index (χ2v) is 6.36. The number of rotatable bonds is 4. The number of fused-ring (bicyclic) bond motifs is 1. The van der Waals surface area contributed by atoms with Crippen LogP contribution < -0.4 is 5.43 Å². The maximum Gasteiger partial charge on any atom is 0.288 e. The first-order valence-corrected chi connectivity index (χ1v) is 8.86. The molecule has 6 heteroatoms. The largest absolute Gasteiger partial charge is 0.350 e. The van der Waals surface area contributed by atoms with Crippen molar-refractivity contribution in [3.8, 4) is 17.2 Å². The monoisotopic (exact) mass is 382 g/mol. The molecule has 3 aromatic carbocycles. The first-order valence-electron chi connectivity index (χ1n) is 8.86. The van der Waals surface area contributed by atoms with Crippen molar-refractivity contribution in [2.24, 2.45) is 5.10 Å². The molecule has 140 valence electrons. The zero-order valence-electron chi connectivity index (χ0n) is 15.2. The summed E-state index contributed by atoms with van der Waals surface area (Å²) in [6.07, 6.45) is 1.49. The number of nitrogens with zero attached hydrogens (tertiary/aromatic N) is 2. The van der Waals surface area contributed by atoms with Gasteiger partial charge in [-0.2, -0.15) is 10.4 Å². The van der Waals surface area contributed by atoms with E-state index >= 15 is 0 Å². The molecule has 2 N–H and O–H groups in total. The third-order valence-corrected chi connectivity index (χ3v) is 4.47. The first kappa shape index (κ1) is 18.1. The summed E-state index contributed by atoms with van der Waals surface area (Å²) in [5, 5.41) is 13.4. The van der Waals surface area contributed by atoms with Crippen LogP contribution in [0.3, 0.4) is 0 Å². The van der Waals surface area contributed by atoms with Crippen molar-refractivity contribution < 1.29 is 9.18 Å². The van der Waals surface area contributed by atoms with Crippen LogP contribution in [-0.4, -0.2) is 17.1 Å². The van der Waals surface area contributed by atoms with Crippen LogP contribution in [0.25, 0.3) is 22.0 Å². The summed E-state index contributed by atoms with van der Waals surface area (Å²) >= 11 is 0. The third kappa shape index (κ3) is 3.75. The van der Waals surface area contributed by atoms with E-state index in [2.05, 4.69) is 15.5 Å². The predicted molar refractivity (Wildman–Crippen MR) is 110 cm³/mol. The lowest BCUT2D eigenvalue weighted by Crippen LogP contribution is -2.18. The molecule has 0 aliphatic carbocycles. The number of carbonyl (C=O) groups excluding carboxylic acids is 1. The second-order valence-electron chi connectivity index (χ2n) is 6.36. The standard InChI is InChI=1S/C23H15FN4O/c24-18-10-11-20-19(12-18)21(17-4-2-1-3-5-17)22(27-20)23(29)28-26-14-16-8-6-15(13-25)7-9-16/h1-12,14,27H,(H,28,29)/b26-14-. The van der Waals surface area contributed by atoms with Gasteiger partial charge in [-0.3, -0.25) is 4.79 Å². The highest BCUT2D eigenvalue weighted by molar-refractivity contribution is 6.09. The zero-order chi connectivity index (χ0) is 20.2. The quantitative estimate of drug-likeness (QED) is 0.399. The average molecular weight is 382 g/mol. The van der Waals surface area contributed by atoms with Gasteiger partial charge in [0, 0.05) is 16.5 Å². The Labute approximate surface area is 166 Å². The van der Waals surface area contributed by atoms with Gasteiger partial charge in [0.1, 0.15) is 11.5 Å². The molecule has 0 atom stereocenters. The minimum absolute atomic E-state index is 0.300. The molecule has 5 nitrogen and oxygen atoms in total. The first-order chi connectivity index (χ1) is 14.2. The SMILES string of the molecule is N#Cc1ccc(/C=N\NC(=O)c2[nH]c3ccc(F)cc3c2-c2ccccc2)cc1. The summed E-state index contributed by atoms with van der Waals surface area (Å²) in [5.41, 5.74) is 6.16. The number of nitriles is 1. The summed E-state index contributed by atoms with van der Waals surface area (Å²) in [6, 6.07) is 22.5. The lowest BCUT2D eigenvalue weighted by Gasteiger charge is -2.04. The van der Waals surface area contributed by atoms with Crippen molar-refractivity contribution in [2.45, 2.75) is 0 Å². The number of H-pyrrole nitrogens is 1. The van der Waals surface area contributed by atoms with E-state index in [4.69, 9.17) is 5.26 Å². The highest BCUT2D eigenvalue weighted by Gasteiger charge is 2.19. The molecule has 4 aromatic rings. The Bertz CT molecular complexity index is 1250. The molecule has 0 bridgehead atoms. The Balaban J connectivity index is 1.66. The molecule has 0 fully saturated rings. The van der Waals surface area contributed by atoms with Crippen LogP contribution in [0, 0.1) is 17.1 Å². The number of halogens is 1. The van der Waals surface area contributed by atoms with E-state index in [0.29, 0.717) is 27.7 Å². The summed E-state index contributed by atoms with van der Waals surface area (Å²) in [4.78, 5) is 15.9. The van der Waals surface area contributed by atoms with Crippen molar-refractivity contribution in [3.05, 3.63) is 95.4 Å². The predicted octanol–water partition coefficient (Wildman–Crippen LogP) is 4.61. The summed E-state index contributed by atoms with van der Waals surface area (Å²) in [5.74, 6) is -0.815. The molecular weight excluding hydrogens is 367 g/mol. The normalized spacial score (nSPS) is 10.9. The van der Waals surface area contributed by atoms with Crippen LogP contribution in [-0.2, 0) is 0 Å². The highest BCUT2D eigenvalue weighted by atomic mass is 19.1. The van der Waals surface area contributed by atoms with Crippen LogP contribution in [0.4, 0.5) is 4.39 Å². The van der Waals surface area contributed by atoms with E-state index in [9.17, 15) is 9.18 Å². The lowest BCUT2D eigenvalue weighted by molar-refractivity contribution is 0.0951. The number of amides is 1. The maximum atomic E-state index is 13.8. The van der Waals surface area contributed by atoms with Gasteiger partial charge in [0.05, 0.1) is 17.8 Å². The van der Waals surface area contributed by atoms with Gasteiger partial charge in [-0.25, -0.2) is 9.82 Å². The second kappa shape index (κ2) is 7.79. The van der Waals surface area contributed by atoms with E-state index < -0.39 is 5.91 Å². The third-order valence-electron chi connectivity index (χ3n) is 4.47. The Morgan fingerprint density at radius 1 is 1.07 bits per heavy atom. The average Bonchev–Trinajstić information content (AvgIpc) is 3.13. The van der Waals surface area contributed by atoms with Gasteiger partial charge in [-0.15, -0.1) is 0 Å². The fourth-order valence-corrected chi connectivity index (χ4v) is 3.10. The van der Waals surface area contributed by atoms with Gasteiger partial charge >= 0.3 is 0 Å². The van der Waals surface area contributed by atoms with Gasteiger partial charge in [0.25, 0.3) is 5.91 Å². The van der Waals surface area contributed by atoms with E-state index in [0.717, 1.165) is 11.1 Å². The van der Waals surface area contributed by atoms with Crippen LogP contribution in [0.2, 0.25) is 0 Å². The van der Waals surface area contributed by atoms with Gasteiger partial charge in [0.2, 0.25) is 0 Å². The molecule has 0 aliphatic rings. The van der Waals surface area contributed by atoms with Gasteiger partial charge in [-0.05, 0) is 41.5 Å². The number of carbonyl (C=O) groups is 1. The Kier molecular flexibility index (Phi) is 4.87. The Morgan fingerprint density at radius 2 is 1.83 bits per heavy atom. The molecule has 0 radical (unpaired) electrons. The van der Waals surface area contributed by atoms with Crippen molar-refractivity contribution in [3.63, 3.8) is 0 Å². The van der Waals surface area contributed by atoms with E-state index in [-0.39, 0.29) is 5.82 Å². The molecule has 0 saturated heterocycles. The minimum Gasteiger partial charge on any atom is -0.350 e. The molecular formula is C23H15FN4O. The molecule has 1 heterocycles. The molecule has 29 heavy (non-hydrogen) atoms. The molecule has 1 aromatic heterocycles. The number of aromatic nitrogens is 1. The maximum absolute atomic E-state index is 13.8. The highest BCUT2D eigenvalue weighted by Crippen LogP contribution is 2.32. The minimum atomic E-state index is -0.439. The van der Waals surface area contributed by atoms with E-state index in [1.165, 1.54) is 18.3 Å². The van der Waals surface area contributed by atoms with Crippen molar-refractivity contribution >= 4 is 23.0 Å². The number of hydrazone groups is 1. The fourth-order valence-electron chi connectivity index (χ4n) is 3.10. The molecule has 0 unspecified atom stereocenters. The number of hydrogen-bond donors (Lipinski definition) is 2. The topological polar surface area (TPSA) is 81.0 Å². The van der Waals surface area contributed by atoms with Crippen LogP contribution in [0.1, 0.15) is 21.6 Å². The van der Waals surface area contributed by atoms with Gasteiger partial charge in [0.15, 0.2) is 0 Å². The van der Waals surface area contributed by atoms with Crippen molar-refractivity contribution in [1.82, 2.24) is 10.4 Å². The van der Waals surface area contributed by atoms with Crippen LogP contribution in [0.5, 0.6) is 0 Å². The van der Waals surface area contributed by atoms with E-state index in [1.807, 2.05) is 36.4 Å². The van der Waals surface area contributed by atoms with Gasteiger partial charge in [-0.1, -0.05) is 42.5 Å². The Morgan fingerprint density at radius 3 is 2.55 bits per heavy atom. The zero-order valence-corrected chi connectivity index (χ0v) is 15.2. The molecule has 0 saturated carbocycles. The molecule has 1 amide bonds. The summed E-state index contributed by atoms with van der Waals surface area (Å²) in [6.45, 7) is 0. The molecule has 0 aliphatic heterocycles. The van der Waals surface area contributed by atoms with Crippen LogP contribution in [0.15, 0.2) is 77.9 Å². The van der Waals surface area contributed by atoms with Crippen molar-refractivity contribution in [2.75, 3.05) is 0 Å². The molecule has 4 rings (SSSR count). The number of aromatic amines is 1. The summed E-state index contributed by atoms with van der Waals surface area (Å²) in [7, 11) is 0.